The number of nitrogens with one attached hydrogen (secondary N) is 1. The fraction of sp³-hybridized carbons (Fsp3) is 0.200. The molecule has 2 heterocycles. The molecule has 0 radical (unpaired) electrons. The summed E-state index contributed by atoms with van der Waals surface area (Å²) in [6, 6.07) is 12.9. The van der Waals surface area contributed by atoms with Gasteiger partial charge in [0.1, 0.15) is 34.4 Å². The predicted molar refractivity (Wildman–Crippen MR) is 114 cm³/mol. The number of benzene rings is 2. The average molecular weight is 418 g/mol. The molecule has 1 spiro atoms. The minimum Gasteiger partial charge on any atom is -0.483 e. The van der Waals surface area contributed by atoms with Gasteiger partial charge in [0.25, 0.3) is 5.91 Å². The van der Waals surface area contributed by atoms with Crippen LogP contribution in [0.2, 0.25) is 0 Å². The maximum atomic E-state index is 13.9. The molecule has 1 aliphatic heterocycles. The molecule has 4 nitrogen and oxygen atoms in total. The summed E-state index contributed by atoms with van der Waals surface area (Å²) in [5, 5.41) is 2.46. The first-order valence-electron chi connectivity index (χ1n) is 10.2. The standard InChI is InChI=1S/C25H20F2N2O2/c1-15-6-8-21-17(12-15)18(13-25(31-21)10-3-11-25)16-7-9-22(28-14-16)29-24(30)23-19(26)4-2-5-20(23)27/h2,4-9,12-14H,3,10-11H2,1H3,(H,28,29,30). The van der Waals surface area contributed by atoms with Gasteiger partial charge in [0.2, 0.25) is 0 Å². The van der Waals surface area contributed by atoms with Gasteiger partial charge >= 0.3 is 0 Å². The van der Waals surface area contributed by atoms with Crippen molar-refractivity contribution in [3.05, 3.63) is 94.7 Å². The second-order valence-corrected chi connectivity index (χ2v) is 8.06. The molecule has 1 saturated carbocycles. The smallest absolute Gasteiger partial charge is 0.262 e. The van der Waals surface area contributed by atoms with Crippen LogP contribution in [0.5, 0.6) is 5.75 Å². The van der Waals surface area contributed by atoms with E-state index in [0.717, 1.165) is 59.4 Å². The molecule has 0 saturated heterocycles. The van der Waals surface area contributed by atoms with Crippen LogP contribution in [0.25, 0.3) is 5.57 Å². The zero-order valence-electron chi connectivity index (χ0n) is 16.9. The van der Waals surface area contributed by atoms with Gasteiger partial charge in [0.15, 0.2) is 0 Å². The van der Waals surface area contributed by atoms with Crippen LogP contribution in [0.1, 0.15) is 46.3 Å². The van der Waals surface area contributed by atoms with E-state index in [4.69, 9.17) is 4.74 Å². The van der Waals surface area contributed by atoms with Crippen molar-refractivity contribution >= 4 is 17.3 Å². The molecule has 5 rings (SSSR count). The fourth-order valence-corrected chi connectivity index (χ4v) is 4.06. The zero-order chi connectivity index (χ0) is 21.6. The third-order valence-corrected chi connectivity index (χ3v) is 5.85. The van der Waals surface area contributed by atoms with E-state index in [9.17, 15) is 13.6 Å². The number of fused-ring (bicyclic) bond motifs is 1. The van der Waals surface area contributed by atoms with E-state index in [-0.39, 0.29) is 11.4 Å². The normalized spacial score (nSPS) is 16.0. The molecule has 0 atom stereocenters. The monoisotopic (exact) mass is 418 g/mol. The van der Waals surface area contributed by atoms with Crippen LogP contribution in [0.3, 0.4) is 0 Å². The minimum absolute atomic E-state index is 0.215. The van der Waals surface area contributed by atoms with E-state index in [2.05, 4.69) is 22.4 Å². The maximum absolute atomic E-state index is 13.9. The molecule has 0 bridgehead atoms. The Hall–Kier alpha value is -3.54. The lowest BCUT2D eigenvalue weighted by Crippen LogP contribution is -2.43. The van der Waals surface area contributed by atoms with Crippen LogP contribution >= 0.6 is 0 Å². The van der Waals surface area contributed by atoms with Gasteiger partial charge in [-0.15, -0.1) is 0 Å². The van der Waals surface area contributed by atoms with Crippen molar-refractivity contribution in [2.75, 3.05) is 5.32 Å². The molecule has 3 aromatic rings. The highest BCUT2D eigenvalue weighted by atomic mass is 19.1. The number of amides is 1. The zero-order valence-corrected chi connectivity index (χ0v) is 16.9. The van der Waals surface area contributed by atoms with Gasteiger partial charge in [0, 0.05) is 17.3 Å². The lowest BCUT2D eigenvalue weighted by molar-refractivity contribution is 0.0376. The van der Waals surface area contributed by atoms with Crippen molar-refractivity contribution in [3.8, 4) is 5.75 Å². The number of hydrogen-bond donors (Lipinski definition) is 1. The summed E-state index contributed by atoms with van der Waals surface area (Å²) in [6.45, 7) is 2.03. The SMILES string of the molecule is Cc1ccc2c(c1)C(c1ccc(NC(=O)c3c(F)cccc3F)nc1)=CC1(CCC1)O2. The van der Waals surface area contributed by atoms with E-state index >= 15 is 0 Å². The summed E-state index contributed by atoms with van der Waals surface area (Å²) in [5.74, 6) is -1.64. The van der Waals surface area contributed by atoms with Gasteiger partial charge in [0.05, 0.1) is 0 Å². The van der Waals surface area contributed by atoms with E-state index in [0.29, 0.717) is 0 Å². The number of nitrogens with zero attached hydrogens (tertiary/aromatic N) is 1. The molecule has 31 heavy (non-hydrogen) atoms. The quantitative estimate of drug-likeness (QED) is 0.597. The van der Waals surface area contributed by atoms with Crippen molar-refractivity contribution in [3.63, 3.8) is 0 Å². The highest BCUT2D eigenvalue weighted by molar-refractivity contribution is 6.04. The van der Waals surface area contributed by atoms with E-state index < -0.39 is 23.1 Å². The number of rotatable bonds is 3. The first kappa shape index (κ1) is 19.4. The van der Waals surface area contributed by atoms with Crippen molar-refractivity contribution in [2.45, 2.75) is 31.8 Å². The lowest BCUT2D eigenvalue weighted by atomic mass is 9.75. The summed E-state index contributed by atoms with van der Waals surface area (Å²) in [7, 11) is 0. The Labute approximate surface area is 178 Å². The van der Waals surface area contributed by atoms with Crippen LogP contribution in [-0.4, -0.2) is 16.5 Å². The predicted octanol–water partition coefficient (Wildman–Crippen LogP) is 5.67. The topological polar surface area (TPSA) is 51.2 Å². The molecule has 1 fully saturated rings. The molecule has 0 unspecified atom stereocenters. The molecule has 1 aromatic heterocycles. The Balaban J connectivity index is 1.45. The Bertz CT molecular complexity index is 1190. The lowest BCUT2D eigenvalue weighted by Gasteiger charge is -2.43. The third kappa shape index (κ3) is 3.48. The van der Waals surface area contributed by atoms with Gasteiger partial charge in [-0.1, -0.05) is 17.7 Å². The van der Waals surface area contributed by atoms with Gasteiger partial charge in [-0.05, 0) is 74.2 Å². The number of hydrogen-bond acceptors (Lipinski definition) is 3. The van der Waals surface area contributed by atoms with Crippen molar-refractivity contribution in [1.82, 2.24) is 4.98 Å². The van der Waals surface area contributed by atoms with Crippen LogP contribution in [-0.2, 0) is 0 Å². The number of anilines is 1. The number of carbonyl (C=O) groups is 1. The number of aryl methyl sites for hydroxylation is 1. The van der Waals surface area contributed by atoms with Crippen molar-refractivity contribution in [2.24, 2.45) is 0 Å². The summed E-state index contributed by atoms with van der Waals surface area (Å²) in [4.78, 5) is 16.6. The van der Waals surface area contributed by atoms with E-state index in [1.165, 1.54) is 6.07 Å². The van der Waals surface area contributed by atoms with Crippen molar-refractivity contribution in [1.29, 1.82) is 0 Å². The average Bonchev–Trinajstić information content (AvgIpc) is 2.72. The maximum Gasteiger partial charge on any atom is 0.262 e. The Morgan fingerprint density at radius 1 is 1.10 bits per heavy atom. The highest BCUT2D eigenvalue weighted by Gasteiger charge is 2.41. The fourth-order valence-electron chi connectivity index (χ4n) is 4.06. The summed E-state index contributed by atoms with van der Waals surface area (Å²) in [5.41, 5.74) is 3.15. The molecular formula is C25H20F2N2O2. The van der Waals surface area contributed by atoms with Gasteiger partial charge in [-0.3, -0.25) is 4.79 Å². The van der Waals surface area contributed by atoms with Crippen LogP contribution in [0, 0.1) is 18.6 Å². The molecule has 6 heteroatoms. The van der Waals surface area contributed by atoms with Gasteiger partial charge < -0.3 is 10.1 Å². The summed E-state index contributed by atoms with van der Waals surface area (Å²) >= 11 is 0. The summed E-state index contributed by atoms with van der Waals surface area (Å²) in [6.07, 6.45) is 6.89. The Morgan fingerprint density at radius 3 is 2.52 bits per heavy atom. The molecule has 1 N–H and O–H groups in total. The van der Waals surface area contributed by atoms with Gasteiger partial charge in [-0.2, -0.15) is 0 Å². The minimum atomic E-state index is -0.917. The van der Waals surface area contributed by atoms with Crippen LogP contribution in [0.15, 0.2) is 60.8 Å². The summed E-state index contributed by atoms with van der Waals surface area (Å²) < 4.78 is 34.0. The van der Waals surface area contributed by atoms with Crippen LogP contribution < -0.4 is 10.1 Å². The Morgan fingerprint density at radius 2 is 1.87 bits per heavy atom. The third-order valence-electron chi connectivity index (χ3n) is 5.85. The Kier molecular flexibility index (Phi) is 4.58. The largest absolute Gasteiger partial charge is 0.483 e. The number of carbonyl (C=O) groups excluding carboxylic acids is 1. The first-order chi connectivity index (χ1) is 14.9. The second kappa shape index (κ2) is 7.30. The van der Waals surface area contributed by atoms with E-state index in [1.807, 2.05) is 25.1 Å². The molecule has 1 aliphatic carbocycles. The van der Waals surface area contributed by atoms with Gasteiger partial charge in [-0.25, -0.2) is 13.8 Å². The molecule has 156 valence electrons. The second-order valence-electron chi connectivity index (χ2n) is 8.06. The molecular weight excluding hydrogens is 398 g/mol. The highest BCUT2D eigenvalue weighted by Crippen LogP contribution is 2.47. The molecule has 2 aliphatic rings. The van der Waals surface area contributed by atoms with Crippen LogP contribution in [0.4, 0.5) is 14.6 Å². The van der Waals surface area contributed by atoms with E-state index in [1.54, 1.807) is 12.3 Å². The first-order valence-corrected chi connectivity index (χ1v) is 10.2. The number of aromatic nitrogens is 1. The number of pyridine rings is 1. The molecule has 2 aromatic carbocycles. The molecule has 1 amide bonds. The van der Waals surface area contributed by atoms with Crippen molar-refractivity contribution < 1.29 is 18.3 Å². The number of ether oxygens (including phenoxy) is 1. The number of halogens is 2.